The lowest BCUT2D eigenvalue weighted by molar-refractivity contribution is -0.132. The van der Waals surface area contributed by atoms with E-state index < -0.39 is 46.9 Å². The molecule has 24 heteroatoms. The molecule has 3 fully saturated rings. The zero-order chi connectivity index (χ0) is 67.8. The molecule has 24 nitrogen and oxygen atoms in total. The number of esters is 1. The van der Waals surface area contributed by atoms with Gasteiger partial charge in [-0.25, -0.2) is 9.97 Å². The summed E-state index contributed by atoms with van der Waals surface area (Å²) in [6.07, 6.45) is 9.62. The second-order valence-corrected chi connectivity index (χ2v) is 23.3. The Labute approximate surface area is 546 Å². The standard InChI is InChI=1S/C25H24N4O6.C24H24N4O3.C22H22N4O3/c1-15-13-27(24(33)18-7-5-4-6-8-18)11-12-28(15)25(34)22(32)20-14-29(16(2)30)23-19(20)9-10-21(26-23)35-17(3)31;1-3-12-26-16-20(19-10-7-11-25-22(19)26)21(29)24(31)28-14-13-27(15-17(28)2)23(30)18-8-5-4-6-9-18;1-15-13-25(21(28)16-7-4-3-5-8-16)11-12-26(15)22(29)19(27)18-14-24(2)20-17(18)9-6-10-23-20/h4-10,14-15H,11-13H2,1-3H3;3-11,16-17H,1,12-15H2,2H3;3-10,14-15H,11-13H2,1-2H3/t15-;17-;15-/m111/s1. The van der Waals surface area contributed by atoms with E-state index in [1.165, 1.54) is 37.1 Å². The molecule has 6 amide bonds. The largest absolute Gasteiger partial charge is 0.408 e. The van der Waals surface area contributed by atoms with Crippen LogP contribution in [0.5, 0.6) is 5.88 Å². The Balaban J connectivity index is 0.000000156. The number of benzene rings is 3. The van der Waals surface area contributed by atoms with Gasteiger partial charge in [-0.05, 0) is 87.5 Å². The number of amides is 6. The van der Waals surface area contributed by atoms with Crippen molar-refractivity contribution in [3.05, 3.63) is 204 Å². The SMILES string of the molecule is C=CCn1cc(C(=O)C(=O)N2CCN(C(=O)c3ccccc3)C[C@H]2C)c2cccnc21.CC(=O)Oc1ccc2c(C(=O)C(=O)N3CCN(C(=O)c4ccccc4)C[C@H]3C)cn(C(C)=O)c2n1.C[C@@H]1CN(C(=O)c2ccccc2)CCN1C(=O)C(=O)c1cn(C)c2ncccc12. The Morgan fingerprint density at radius 3 is 1.26 bits per heavy atom. The lowest BCUT2D eigenvalue weighted by Gasteiger charge is -2.39. The fourth-order valence-electron chi connectivity index (χ4n) is 12.0. The van der Waals surface area contributed by atoms with Crippen LogP contribution in [0.4, 0.5) is 0 Å². The van der Waals surface area contributed by atoms with E-state index in [1.807, 2.05) is 60.9 Å². The molecule has 9 heterocycles. The van der Waals surface area contributed by atoms with Crippen LogP contribution in [0, 0.1) is 0 Å². The molecule has 3 aromatic carbocycles. The molecular formula is C71H70N12O12. The summed E-state index contributed by atoms with van der Waals surface area (Å²) in [5.74, 6) is -4.99. The number of aryl methyl sites for hydroxylation is 1. The molecule has 6 aromatic heterocycles. The van der Waals surface area contributed by atoms with Crippen molar-refractivity contribution in [1.82, 2.24) is 58.1 Å². The topological polar surface area (TPSA) is 270 Å². The lowest BCUT2D eigenvalue weighted by Crippen LogP contribution is -2.56. The first-order valence-corrected chi connectivity index (χ1v) is 30.9. The van der Waals surface area contributed by atoms with E-state index in [2.05, 4.69) is 21.5 Å². The number of hydrogen-bond donors (Lipinski definition) is 0. The smallest absolute Gasteiger partial charge is 0.309 e. The molecule has 3 aliphatic heterocycles. The van der Waals surface area contributed by atoms with E-state index in [1.54, 1.807) is 147 Å². The molecule has 0 bridgehead atoms. The maximum absolute atomic E-state index is 13.2. The van der Waals surface area contributed by atoms with E-state index in [-0.39, 0.29) is 66.0 Å². The van der Waals surface area contributed by atoms with Crippen molar-refractivity contribution in [2.45, 2.75) is 59.3 Å². The van der Waals surface area contributed by atoms with Crippen LogP contribution in [0.1, 0.15) is 102 Å². The molecule has 3 saturated heterocycles. The Kier molecular flexibility index (Phi) is 20.2. The molecular weight excluding hydrogens is 1210 g/mol. The van der Waals surface area contributed by atoms with Crippen LogP contribution in [0.25, 0.3) is 33.1 Å². The second kappa shape index (κ2) is 28.9. The Morgan fingerprint density at radius 2 is 0.863 bits per heavy atom. The number of allylic oxidation sites excluding steroid dienone is 1. The minimum atomic E-state index is -0.785. The molecule has 0 unspecified atom stereocenters. The summed E-state index contributed by atoms with van der Waals surface area (Å²) >= 11 is 0. The third-order valence-electron chi connectivity index (χ3n) is 16.8. The summed E-state index contributed by atoms with van der Waals surface area (Å²) < 4.78 is 9.67. The van der Waals surface area contributed by atoms with Gasteiger partial charge in [0, 0.05) is 174 Å². The van der Waals surface area contributed by atoms with Crippen LogP contribution in [-0.4, -0.2) is 200 Å². The van der Waals surface area contributed by atoms with Crippen LogP contribution in [0.2, 0.25) is 0 Å². The average Bonchev–Trinajstić information content (AvgIpc) is 1.66. The van der Waals surface area contributed by atoms with Crippen LogP contribution in [-0.2, 0) is 32.8 Å². The minimum absolute atomic E-state index is 0.0243. The summed E-state index contributed by atoms with van der Waals surface area (Å²) in [6, 6.07) is 36.1. The number of ether oxygens (including phenoxy) is 1. The molecule has 0 N–H and O–H groups in total. The molecule has 0 spiro atoms. The van der Waals surface area contributed by atoms with Gasteiger partial charge in [0.05, 0.1) is 16.7 Å². The van der Waals surface area contributed by atoms with Gasteiger partial charge in [-0.3, -0.25) is 57.3 Å². The summed E-state index contributed by atoms with van der Waals surface area (Å²) in [5.41, 5.74) is 3.94. The highest BCUT2D eigenvalue weighted by atomic mass is 16.5. The van der Waals surface area contributed by atoms with Crippen LogP contribution in [0.15, 0.2) is 171 Å². The third kappa shape index (κ3) is 14.3. The molecule has 0 radical (unpaired) electrons. The first-order valence-electron chi connectivity index (χ1n) is 30.9. The van der Waals surface area contributed by atoms with Crippen LogP contribution >= 0.6 is 0 Å². The molecule has 3 atom stereocenters. The van der Waals surface area contributed by atoms with Gasteiger partial charge in [0.25, 0.3) is 52.8 Å². The summed E-state index contributed by atoms with van der Waals surface area (Å²) in [7, 11) is 1.80. The average molecular weight is 1280 g/mol. The van der Waals surface area contributed by atoms with Gasteiger partial charge in [-0.15, -0.1) is 6.58 Å². The highest BCUT2D eigenvalue weighted by Gasteiger charge is 2.38. The number of Topliss-reactive ketones (excluding diaryl/α,β-unsaturated/α-hetero) is 3. The predicted molar refractivity (Wildman–Crippen MR) is 352 cm³/mol. The van der Waals surface area contributed by atoms with E-state index in [0.29, 0.717) is 108 Å². The number of aromatic nitrogens is 6. The Morgan fingerprint density at radius 1 is 0.474 bits per heavy atom. The first-order chi connectivity index (χ1) is 45.6. The number of fused-ring (bicyclic) bond motifs is 3. The number of rotatable bonds is 12. The third-order valence-corrected chi connectivity index (χ3v) is 16.8. The Bertz CT molecular complexity index is 4490. The number of carbonyl (C=O) groups is 11. The quantitative estimate of drug-likeness (QED) is 0.0511. The van der Waals surface area contributed by atoms with Crippen LogP contribution in [0.3, 0.4) is 0 Å². The second-order valence-electron chi connectivity index (χ2n) is 23.3. The highest BCUT2D eigenvalue weighted by molar-refractivity contribution is 6.46. The summed E-state index contributed by atoms with van der Waals surface area (Å²) in [4.78, 5) is 163. The van der Waals surface area contributed by atoms with Gasteiger partial charge in [0.15, 0.2) is 5.65 Å². The first kappa shape index (κ1) is 66.4. The van der Waals surface area contributed by atoms with Gasteiger partial charge in [0.1, 0.15) is 11.3 Å². The number of pyridine rings is 3. The van der Waals surface area contributed by atoms with Crippen molar-refractivity contribution in [2.75, 3.05) is 58.9 Å². The Hall–Kier alpha value is -11.6. The van der Waals surface area contributed by atoms with Crippen molar-refractivity contribution >= 4 is 97.8 Å². The summed E-state index contributed by atoms with van der Waals surface area (Å²) in [6.45, 7) is 15.2. The van der Waals surface area contributed by atoms with E-state index in [4.69, 9.17) is 4.74 Å². The van der Waals surface area contributed by atoms with Gasteiger partial charge < -0.3 is 43.3 Å². The van der Waals surface area contributed by atoms with E-state index >= 15 is 0 Å². The monoisotopic (exact) mass is 1280 g/mol. The maximum Gasteiger partial charge on any atom is 0.309 e. The molecule has 9 aromatic rings. The fourth-order valence-corrected chi connectivity index (χ4v) is 12.0. The molecule has 95 heavy (non-hydrogen) atoms. The number of carbonyl (C=O) groups excluding carboxylic acids is 11. The van der Waals surface area contributed by atoms with Crippen LogP contribution < -0.4 is 4.74 Å². The van der Waals surface area contributed by atoms with Crippen molar-refractivity contribution in [3.63, 3.8) is 0 Å². The molecule has 3 aliphatic rings. The molecule has 0 aliphatic carbocycles. The molecule has 0 saturated carbocycles. The van der Waals surface area contributed by atoms with E-state index in [9.17, 15) is 52.7 Å². The predicted octanol–water partition coefficient (Wildman–Crippen LogP) is 7.08. The van der Waals surface area contributed by atoms with Crippen molar-refractivity contribution < 1.29 is 57.5 Å². The fraction of sp³-hybridized carbons (Fsp3) is 0.268. The number of hydrogen-bond acceptors (Lipinski definition) is 15. The lowest BCUT2D eigenvalue weighted by atomic mass is 10.1. The van der Waals surface area contributed by atoms with Crippen molar-refractivity contribution in [3.8, 4) is 5.88 Å². The zero-order valence-electron chi connectivity index (χ0n) is 53.4. The van der Waals surface area contributed by atoms with Gasteiger partial charge >= 0.3 is 5.97 Å². The molecule has 486 valence electrons. The van der Waals surface area contributed by atoms with Crippen molar-refractivity contribution in [2.24, 2.45) is 7.05 Å². The van der Waals surface area contributed by atoms with Gasteiger partial charge in [-0.1, -0.05) is 60.7 Å². The number of nitrogens with zero attached hydrogens (tertiary/aromatic N) is 12. The van der Waals surface area contributed by atoms with E-state index in [0.717, 1.165) is 4.57 Å². The maximum atomic E-state index is 13.2. The number of ketones is 3. The summed E-state index contributed by atoms with van der Waals surface area (Å²) in [5, 5.41) is 1.60. The van der Waals surface area contributed by atoms with Crippen molar-refractivity contribution in [1.29, 1.82) is 0 Å². The highest BCUT2D eigenvalue weighted by Crippen LogP contribution is 2.27. The minimum Gasteiger partial charge on any atom is -0.408 e. The normalized spacial score (nSPS) is 16.3. The van der Waals surface area contributed by atoms with Gasteiger partial charge in [-0.2, -0.15) is 4.98 Å². The molecule has 12 rings (SSSR count). The van der Waals surface area contributed by atoms with Gasteiger partial charge in [0.2, 0.25) is 11.8 Å². The number of piperazine rings is 3. The zero-order valence-corrected chi connectivity index (χ0v) is 53.4.